The predicted octanol–water partition coefficient (Wildman–Crippen LogP) is 4.36. The Bertz CT molecular complexity index is 270. The molecule has 0 aliphatic heterocycles. The largest absolute Gasteiger partial charge is 0.443 e. The molecule has 0 saturated heterocycles. The van der Waals surface area contributed by atoms with Gasteiger partial charge in [0.05, 0.1) is 0 Å². The minimum absolute atomic E-state index is 0.512. The van der Waals surface area contributed by atoms with Crippen molar-refractivity contribution in [2.45, 2.75) is 78.2 Å². The van der Waals surface area contributed by atoms with E-state index in [9.17, 15) is 4.79 Å². The fourth-order valence-electron chi connectivity index (χ4n) is 1.61. The van der Waals surface area contributed by atoms with E-state index < -0.39 is 11.7 Å². The first-order valence-electron chi connectivity index (χ1n) is 7.30. The number of rotatable bonds is 8. The summed E-state index contributed by atoms with van der Waals surface area (Å²) in [5.41, 5.74) is -0.512. The Morgan fingerprint density at radius 3 is 2.32 bits per heavy atom. The molecule has 0 rings (SSSR count). The molecule has 0 aromatic heterocycles. The molecular formula is C15H30N2O2. The second-order valence-corrected chi connectivity index (χ2v) is 5.83. The Kier molecular flexibility index (Phi) is 9.31. The van der Waals surface area contributed by atoms with Crippen molar-refractivity contribution in [1.29, 1.82) is 0 Å². The lowest BCUT2D eigenvalue weighted by Crippen LogP contribution is -2.37. The average molecular weight is 270 g/mol. The topological polar surface area (TPSA) is 55.6 Å². The lowest BCUT2D eigenvalue weighted by molar-refractivity contribution is 0.0333. The van der Waals surface area contributed by atoms with Gasteiger partial charge in [0.1, 0.15) is 5.60 Å². The van der Waals surface area contributed by atoms with E-state index in [2.05, 4.69) is 6.92 Å². The number of amides is 1. The molecule has 0 bridgehead atoms. The van der Waals surface area contributed by atoms with Gasteiger partial charge in [-0.25, -0.2) is 15.6 Å². The molecule has 0 aliphatic carbocycles. The van der Waals surface area contributed by atoms with E-state index in [-0.39, 0.29) is 0 Å². The monoisotopic (exact) mass is 270 g/mol. The Morgan fingerprint density at radius 1 is 1.16 bits per heavy atom. The summed E-state index contributed by atoms with van der Waals surface area (Å²) in [6, 6.07) is 0. The summed E-state index contributed by atoms with van der Waals surface area (Å²) in [4.78, 5) is 11.5. The number of carbonyl (C=O) groups excluding carboxylic acids is 1. The third kappa shape index (κ3) is 11.8. The molecule has 0 atom stereocenters. The van der Waals surface area contributed by atoms with Crippen LogP contribution in [0.3, 0.4) is 0 Å². The van der Waals surface area contributed by atoms with Gasteiger partial charge >= 0.3 is 6.09 Å². The van der Waals surface area contributed by atoms with Gasteiger partial charge < -0.3 is 4.74 Å². The Balaban J connectivity index is 3.67. The van der Waals surface area contributed by atoms with Crippen molar-refractivity contribution >= 4 is 6.09 Å². The maximum Gasteiger partial charge on any atom is 0.428 e. The van der Waals surface area contributed by atoms with E-state index in [1.807, 2.05) is 26.8 Å². The van der Waals surface area contributed by atoms with Crippen LogP contribution in [0.25, 0.3) is 0 Å². The maximum atomic E-state index is 11.5. The molecule has 0 aliphatic rings. The van der Waals surface area contributed by atoms with Crippen molar-refractivity contribution in [2.75, 3.05) is 0 Å². The predicted molar refractivity (Wildman–Crippen MR) is 79.4 cm³/mol. The summed E-state index contributed by atoms with van der Waals surface area (Å²) in [6.45, 7) is 7.67. The zero-order valence-electron chi connectivity index (χ0n) is 12.9. The summed E-state index contributed by atoms with van der Waals surface area (Å²) >= 11 is 0. The molecule has 112 valence electrons. The van der Waals surface area contributed by atoms with Gasteiger partial charge in [-0.2, -0.15) is 0 Å². The van der Waals surface area contributed by atoms with Crippen molar-refractivity contribution in [1.82, 2.24) is 5.01 Å². The van der Waals surface area contributed by atoms with E-state index in [0.29, 0.717) is 0 Å². The van der Waals surface area contributed by atoms with Gasteiger partial charge in [-0.05, 0) is 33.6 Å². The van der Waals surface area contributed by atoms with Crippen LogP contribution in [0.15, 0.2) is 12.3 Å². The van der Waals surface area contributed by atoms with Gasteiger partial charge in [0.25, 0.3) is 0 Å². The summed E-state index contributed by atoms with van der Waals surface area (Å²) in [7, 11) is 0. The molecule has 0 aromatic rings. The van der Waals surface area contributed by atoms with Crippen molar-refractivity contribution in [2.24, 2.45) is 5.84 Å². The SMILES string of the molecule is CCCCCCCC/C=C\N(N)C(=O)OC(C)(C)C. The molecule has 19 heavy (non-hydrogen) atoms. The van der Waals surface area contributed by atoms with Gasteiger partial charge in [0.2, 0.25) is 0 Å². The highest BCUT2D eigenvalue weighted by Crippen LogP contribution is 2.09. The molecule has 0 aromatic carbocycles. The average Bonchev–Trinajstić information content (AvgIpc) is 2.30. The smallest absolute Gasteiger partial charge is 0.428 e. The van der Waals surface area contributed by atoms with Gasteiger partial charge in [0.15, 0.2) is 0 Å². The number of hydrazine groups is 1. The van der Waals surface area contributed by atoms with Gasteiger partial charge in [-0.3, -0.25) is 0 Å². The number of nitrogens with two attached hydrogens (primary N) is 1. The molecule has 0 saturated carbocycles. The summed E-state index contributed by atoms with van der Waals surface area (Å²) in [5.74, 6) is 5.58. The zero-order chi connectivity index (χ0) is 14.7. The molecule has 0 radical (unpaired) electrons. The summed E-state index contributed by atoms with van der Waals surface area (Å²) in [5, 5.41) is 1.00. The normalized spacial score (nSPS) is 11.8. The lowest BCUT2D eigenvalue weighted by atomic mass is 10.1. The number of carbonyl (C=O) groups is 1. The molecule has 0 heterocycles. The van der Waals surface area contributed by atoms with E-state index >= 15 is 0 Å². The minimum atomic E-state index is -0.522. The molecule has 0 fully saturated rings. The second-order valence-electron chi connectivity index (χ2n) is 5.83. The van der Waals surface area contributed by atoms with E-state index in [1.165, 1.54) is 32.1 Å². The van der Waals surface area contributed by atoms with E-state index in [0.717, 1.165) is 17.9 Å². The van der Waals surface area contributed by atoms with Crippen LogP contribution in [-0.4, -0.2) is 16.7 Å². The van der Waals surface area contributed by atoms with Crippen LogP contribution in [-0.2, 0) is 4.74 Å². The Hall–Kier alpha value is -1.03. The number of nitrogens with zero attached hydrogens (tertiary/aromatic N) is 1. The Labute approximate surface area is 118 Å². The highest BCUT2D eigenvalue weighted by atomic mass is 16.6. The highest BCUT2D eigenvalue weighted by Gasteiger charge is 2.18. The van der Waals surface area contributed by atoms with Crippen LogP contribution in [0.1, 0.15) is 72.6 Å². The minimum Gasteiger partial charge on any atom is -0.443 e. The van der Waals surface area contributed by atoms with Crippen molar-refractivity contribution in [3.8, 4) is 0 Å². The van der Waals surface area contributed by atoms with E-state index in [1.54, 1.807) is 6.20 Å². The zero-order valence-corrected chi connectivity index (χ0v) is 12.9. The van der Waals surface area contributed by atoms with Crippen LogP contribution in [0, 0.1) is 0 Å². The molecule has 0 spiro atoms. The molecule has 4 heteroatoms. The number of unbranched alkanes of at least 4 members (excludes halogenated alkanes) is 6. The second kappa shape index (κ2) is 9.84. The number of allylic oxidation sites excluding steroid dienone is 1. The number of hydrogen-bond acceptors (Lipinski definition) is 3. The first-order chi connectivity index (χ1) is 8.87. The number of ether oxygens (including phenoxy) is 1. The molecule has 0 unspecified atom stereocenters. The van der Waals surface area contributed by atoms with Crippen LogP contribution in [0.2, 0.25) is 0 Å². The fraction of sp³-hybridized carbons (Fsp3) is 0.800. The van der Waals surface area contributed by atoms with Crippen molar-refractivity contribution < 1.29 is 9.53 Å². The standard InChI is InChI=1S/C15H30N2O2/c1-5-6-7-8-9-10-11-12-13-17(16)14(18)19-15(2,3)4/h12-13H,5-11,16H2,1-4H3/b13-12-. The van der Waals surface area contributed by atoms with Crippen LogP contribution < -0.4 is 5.84 Å². The van der Waals surface area contributed by atoms with Crippen LogP contribution >= 0.6 is 0 Å². The van der Waals surface area contributed by atoms with Crippen LogP contribution in [0.4, 0.5) is 4.79 Å². The third-order valence-electron chi connectivity index (χ3n) is 2.59. The number of hydrogen-bond donors (Lipinski definition) is 1. The summed E-state index contributed by atoms with van der Waals surface area (Å²) in [6.07, 6.45) is 11.5. The highest BCUT2D eigenvalue weighted by molar-refractivity contribution is 5.68. The molecular weight excluding hydrogens is 240 g/mol. The first-order valence-corrected chi connectivity index (χ1v) is 7.30. The molecule has 1 amide bonds. The van der Waals surface area contributed by atoms with E-state index in [4.69, 9.17) is 10.6 Å². The quantitative estimate of drug-likeness (QED) is 0.308. The lowest BCUT2D eigenvalue weighted by Gasteiger charge is -2.22. The van der Waals surface area contributed by atoms with Gasteiger partial charge in [-0.1, -0.05) is 45.1 Å². The maximum absolute atomic E-state index is 11.5. The van der Waals surface area contributed by atoms with Crippen molar-refractivity contribution in [3.05, 3.63) is 12.3 Å². The van der Waals surface area contributed by atoms with Crippen LogP contribution in [0.5, 0.6) is 0 Å². The Morgan fingerprint density at radius 2 is 1.74 bits per heavy atom. The summed E-state index contributed by atoms with van der Waals surface area (Å²) < 4.78 is 5.13. The molecule has 2 N–H and O–H groups in total. The molecule has 4 nitrogen and oxygen atoms in total. The third-order valence-corrected chi connectivity index (χ3v) is 2.59. The fourth-order valence-corrected chi connectivity index (χ4v) is 1.61. The van der Waals surface area contributed by atoms with Crippen molar-refractivity contribution in [3.63, 3.8) is 0 Å². The first kappa shape index (κ1) is 18.0. The van der Waals surface area contributed by atoms with Gasteiger partial charge in [-0.15, -0.1) is 0 Å². The van der Waals surface area contributed by atoms with Gasteiger partial charge in [0, 0.05) is 6.20 Å².